The molecule has 0 bridgehead atoms. The van der Waals surface area contributed by atoms with E-state index >= 15 is 0 Å². The molecule has 2 fully saturated rings. The van der Waals surface area contributed by atoms with E-state index < -0.39 is 12.1 Å². The molecule has 2 amide bonds. The Hall–Kier alpha value is -4.41. The zero-order valence-electron chi connectivity index (χ0n) is 18.2. The summed E-state index contributed by atoms with van der Waals surface area (Å²) in [5, 5.41) is 26.4. The molecule has 178 valence electrons. The van der Waals surface area contributed by atoms with Crippen LogP contribution in [0.2, 0.25) is 0 Å². The number of fused-ring (bicyclic) bond motifs is 2. The van der Waals surface area contributed by atoms with Crippen molar-refractivity contribution in [2.45, 2.75) is 24.3 Å². The van der Waals surface area contributed by atoms with Crippen molar-refractivity contribution in [1.82, 2.24) is 25.5 Å². The zero-order chi connectivity index (χ0) is 23.8. The van der Waals surface area contributed by atoms with Gasteiger partial charge in [-0.15, -0.1) is 0 Å². The minimum atomic E-state index is -0.421. The van der Waals surface area contributed by atoms with Gasteiger partial charge in [0.05, 0.1) is 30.9 Å². The van der Waals surface area contributed by atoms with Crippen LogP contribution in [-0.2, 0) is 9.47 Å². The van der Waals surface area contributed by atoms with Gasteiger partial charge in [-0.1, -0.05) is 11.2 Å². The largest absolute Gasteiger partial charge is 0.454 e. The fourth-order valence-electron chi connectivity index (χ4n) is 4.32. The minimum Gasteiger partial charge on any atom is -0.454 e. The van der Waals surface area contributed by atoms with Crippen LogP contribution in [0.1, 0.15) is 11.6 Å². The van der Waals surface area contributed by atoms with Crippen LogP contribution in [0.5, 0.6) is 23.3 Å². The number of hydrogen-bond acceptors (Lipinski definition) is 10. The van der Waals surface area contributed by atoms with Crippen molar-refractivity contribution in [2.24, 2.45) is 0 Å². The lowest BCUT2D eigenvalue weighted by atomic mass is 10.1. The molecule has 4 unspecified atom stereocenters. The van der Waals surface area contributed by atoms with Crippen LogP contribution in [-0.4, -0.2) is 64.5 Å². The Labute approximate surface area is 198 Å². The molecular weight excluding hydrogens is 458 g/mol. The lowest BCUT2D eigenvalue weighted by Gasteiger charge is -2.18. The molecule has 35 heavy (non-hydrogen) atoms. The molecule has 0 aliphatic carbocycles. The van der Waals surface area contributed by atoms with Crippen molar-refractivity contribution in [1.29, 1.82) is 5.26 Å². The van der Waals surface area contributed by atoms with E-state index in [1.807, 2.05) is 6.07 Å². The number of benzene rings is 2. The van der Waals surface area contributed by atoms with Gasteiger partial charge in [-0.05, 0) is 40.8 Å². The molecule has 1 aromatic heterocycles. The normalized spacial score (nSPS) is 24.0. The number of nitriles is 1. The van der Waals surface area contributed by atoms with E-state index in [0.29, 0.717) is 28.5 Å². The van der Waals surface area contributed by atoms with Gasteiger partial charge in [-0.3, -0.25) is 0 Å². The maximum absolute atomic E-state index is 12.5. The van der Waals surface area contributed by atoms with Gasteiger partial charge in [0.25, 0.3) is 0 Å². The fraction of sp³-hybridized carbons (Fsp3) is 0.318. The molecule has 4 heterocycles. The summed E-state index contributed by atoms with van der Waals surface area (Å²) >= 11 is 0. The predicted octanol–water partition coefficient (Wildman–Crippen LogP) is 1.59. The van der Waals surface area contributed by atoms with Crippen molar-refractivity contribution >= 4 is 11.7 Å². The first-order chi connectivity index (χ1) is 17.2. The molecule has 2 aromatic carbocycles. The van der Waals surface area contributed by atoms with Crippen LogP contribution in [0.15, 0.2) is 42.5 Å². The monoisotopic (exact) mass is 477 g/mol. The van der Waals surface area contributed by atoms with Crippen molar-refractivity contribution in [3.63, 3.8) is 0 Å². The Kier molecular flexibility index (Phi) is 5.28. The number of carbonyl (C=O) groups excluding carboxylic acids is 1. The number of amides is 2. The molecule has 3 aliphatic rings. The second-order valence-corrected chi connectivity index (χ2v) is 8.08. The Morgan fingerprint density at radius 1 is 1.11 bits per heavy atom. The average Bonchev–Trinajstić information content (AvgIpc) is 3.65. The summed E-state index contributed by atoms with van der Waals surface area (Å²) < 4.78 is 30.0. The van der Waals surface area contributed by atoms with Gasteiger partial charge in [-0.2, -0.15) is 9.94 Å². The second kappa shape index (κ2) is 8.75. The quantitative estimate of drug-likeness (QED) is 0.553. The Morgan fingerprint density at radius 2 is 2.00 bits per heavy atom. The highest BCUT2D eigenvalue weighted by atomic mass is 16.7. The van der Waals surface area contributed by atoms with Crippen molar-refractivity contribution < 1.29 is 28.5 Å². The molecule has 0 radical (unpaired) electrons. The minimum absolute atomic E-state index is 0.163. The number of nitrogens with one attached hydrogen (secondary N) is 2. The second-order valence-electron chi connectivity index (χ2n) is 8.08. The molecular formula is C22H19N7O6. The number of rotatable bonds is 5. The third-order valence-electron chi connectivity index (χ3n) is 5.92. The van der Waals surface area contributed by atoms with E-state index in [9.17, 15) is 4.79 Å². The van der Waals surface area contributed by atoms with Crippen molar-refractivity contribution in [2.75, 3.05) is 25.3 Å². The number of urea groups is 1. The topological polar surface area (TPSA) is 155 Å². The molecule has 3 aliphatic heterocycles. The molecule has 0 spiro atoms. The number of aromatic nitrogens is 4. The van der Waals surface area contributed by atoms with Gasteiger partial charge in [-0.25, -0.2) is 4.79 Å². The van der Waals surface area contributed by atoms with Crippen LogP contribution in [0.3, 0.4) is 0 Å². The first-order valence-corrected chi connectivity index (χ1v) is 10.8. The molecule has 0 saturated carbocycles. The molecule has 2 N–H and O–H groups in total. The summed E-state index contributed by atoms with van der Waals surface area (Å²) in [6.07, 6.45) is -0.774. The summed E-state index contributed by atoms with van der Waals surface area (Å²) in [6.45, 7) is 0.704. The smallest absolute Gasteiger partial charge is 0.341 e. The van der Waals surface area contributed by atoms with Crippen LogP contribution < -0.4 is 24.8 Å². The zero-order valence-corrected chi connectivity index (χ0v) is 18.2. The average molecular weight is 477 g/mol. The van der Waals surface area contributed by atoms with Gasteiger partial charge in [0.15, 0.2) is 11.5 Å². The number of anilines is 1. The molecule has 4 atom stereocenters. The molecule has 3 aromatic rings. The fourth-order valence-corrected chi connectivity index (χ4v) is 4.32. The highest BCUT2D eigenvalue weighted by Gasteiger charge is 2.50. The highest BCUT2D eigenvalue weighted by Crippen LogP contribution is 2.38. The number of hydrogen-bond donors (Lipinski definition) is 2. The standard InChI is InChI=1S/C22H19N7O6/c23-8-12-2-1-3-13(6-12)24-21(30)25-15-9-31-20-16(10-32-19(15)20)29-22(26-27-28-29)35-14-4-5-17-18(7-14)34-11-33-17/h1-7,15-16,19-20H,9-11H2,(H2,24,25,30). The molecule has 13 nitrogen and oxygen atoms in total. The highest BCUT2D eigenvalue weighted by molar-refractivity contribution is 5.89. The lowest BCUT2D eigenvalue weighted by Crippen LogP contribution is -2.45. The summed E-state index contributed by atoms with van der Waals surface area (Å²) in [4.78, 5) is 12.5. The lowest BCUT2D eigenvalue weighted by molar-refractivity contribution is 0.0613. The summed E-state index contributed by atoms with van der Waals surface area (Å²) in [5.74, 6) is 1.71. The maximum atomic E-state index is 12.5. The molecule has 2 saturated heterocycles. The Bertz CT molecular complexity index is 1310. The summed E-state index contributed by atoms with van der Waals surface area (Å²) in [6, 6.07) is 12.9. The number of nitrogens with zero attached hydrogens (tertiary/aromatic N) is 5. The van der Waals surface area contributed by atoms with E-state index in [1.54, 1.807) is 42.5 Å². The first kappa shape index (κ1) is 21.1. The van der Waals surface area contributed by atoms with E-state index in [1.165, 1.54) is 4.68 Å². The summed E-state index contributed by atoms with van der Waals surface area (Å²) in [7, 11) is 0. The van der Waals surface area contributed by atoms with E-state index in [0.717, 1.165) is 0 Å². The van der Waals surface area contributed by atoms with Crippen molar-refractivity contribution in [3.05, 3.63) is 48.0 Å². The van der Waals surface area contributed by atoms with Crippen LogP contribution in [0, 0.1) is 11.3 Å². The van der Waals surface area contributed by atoms with Crippen LogP contribution in [0.25, 0.3) is 0 Å². The SMILES string of the molecule is N#Cc1cccc(NC(=O)NC2COC3C2OCC3n2nnnc2Oc2ccc3c(c2)OCO3)c1. The van der Waals surface area contributed by atoms with E-state index in [-0.39, 0.29) is 44.2 Å². The third kappa shape index (κ3) is 4.05. The van der Waals surface area contributed by atoms with Crippen LogP contribution in [0.4, 0.5) is 10.5 Å². The first-order valence-electron chi connectivity index (χ1n) is 10.8. The van der Waals surface area contributed by atoms with Crippen LogP contribution >= 0.6 is 0 Å². The number of tetrazole rings is 1. The number of ether oxygens (including phenoxy) is 5. The van der Waals surface area contributed by atoms with E-state index in [2.05, 4.69) is 26.2 Å². The van der Waals surface area contributed by atoms with Gasteiger partial charge in [0.1, 0.15) is 24.0 Å². The molecule has 6 rings (SSSR count). The number of carbonyl (C=O) groups is 1. The van der Waals surface area contributed by atoms with Gasteiger partial charge in [0.2, 0.25) is 6.79 Å². The Balaban J connectivity index is 1.11. The third-order valence-corrected chi connectivity index (χ3v) is 5.92. The van der Waals surface area contributed by atoms with E-state index in [4.69, 9.17) is 28.9 Å². The van der Waals surface area contributed by atoms with Gasteiger partial charge >= 0.3 is 12.0 Å². The van der Waals surface area contributed by atoms with Crippen molar-refractivity contribution in [3.8, 4) is 29.3 Å². The summed E-state index contributed by atoms with van der Waals surface area (Å²) in [5.41, 5.74) is 0.968. The maximum Gasteiger partial charge on any atom is 0.341 e. The Morgan fingerprint density at radius 3 is 2.91 bits per heavy atom. The van der Waals surface area contributed by atoms with Gasteiger partial charge in [0, 0.05) is 11.8 Å². The van der Waals surface area contributed by atoms with Gasteiger partial charge < -0.3 is 34.3 Å². The predicted molar refractivity (Wildman–Crippen MR) is 116 cm³/mol. The molecule has 13 heteroatoms.